The minimum Gasteiger partial charge on any atom is -0.377 e. The highest BCUT2D eigenvalue weighted by Crippen LogP contribution is 2.36. The lowest BCUT2D eigenvalue weighted by Crippen LogP contribution is -2.20. The number of hydrogen-bond donors (Lipinski definition) is 1. The van der Waals surface area contributed by atoms with Crippen LogP contribution in [0.25, 0.3) is 16.6 Å². The van der Waals surface area contributed by atoms with E-state index in [4.69, 9.17) is 4.74 Å². The van der Waals surface area contributed by atoms with Gasteiger partial charge in [-0.15, -0.1) is 0 Å². The fourth-order valence-electron chi connectivity index (χ4n) is 5.33. The maximum absolute atomic E-state index is 6.03. The van der Waals surface area contributed by atoms with E-state index < -0.39 is 0 Å². The van der Waals surface area contributed by atoms with E-state index in [-0.39, 0.29) is 0 Å². The molecule has 0 atom stereocenters. The number of nitrogens with zero attached hydrogens (tertiary/aromatic N) is 1. The van der Waals surface area contributed by atoms with E-state index >= 15 is 0 Å². The molecule has 0 amide bonds. The lowest BCUT2D eigenvalue weighted by atomic mass is 9.96. The van der Waals surface area contributed by atoms with E-state index in [0.717, 1.165) is 32.3 Å². The molecule has 0 bridgehead atoms. The summed E-state index contributed by atoms with van der Waals surface area (Å²) in [5.41, 5.74) is 10.6. The van der Waals surface area contributed by atoms with Gasteiger partial charge in [0, 0.05) is 42.1 Å². The fraction of sp³-hybridized carbons (Fsp3) is 0.353. The molecule has 194 valence electrons. The zero-order valence-corrected chi connectivity index (χ0v) is 23.0. The van der Waals surface area contributed by atoms with Crippen molar-refractivity contribution in [1.29, 1.82) is 0 Å². The Bertz CT molecular complexity index is 1300. The van der Waals surface area contributed by atoms with Crippen molar-refractivity contribution in [2.75, 3.05) is 18.6 Å². The number of unbranched alkanes of at least 4 members (excludes halogenated alkanes) is 1. The summed E-state index contributed by atoms with van der Waals surface area (Å²) in [6.07, 6.45) is 8.58. The summed E-state index contributed by atoms with van der Waals surface area (Å²) in [7, 11) is 2.26. The summed E-state index contributed by atoms with van der Waals surface area (Å²) < 4.78 is 6.03. The van der Waals surface area contributed by atoms with Crippen LogP contribution in [-0.4, -0.2) is 18.6 Å². The molecule has 0 saturated carbocycles. The van der Waals surface area contributed by atoms with E-state index in [1.165, 1.54) is 63.0 Å². The number of fused-ring (bicyclic) bond motifs is 1. The molecular weight excluding hydrogens is 452 g/mol. The first-order valence-corrected chi connectivity index (χ1v) is 13.9. The molecule has 0 unspecified atom stereocenters. The molecule has 0 saturated heterocycles. The molecule has 4 rings (SSSR count). The van der Waals surface area contributed by atoms with E-state index in [1.54, 1.807) is 0 Å². The second kappa shape index (κ2) is 13.3. The molecule has 1 N–H and O–H groups in total. The molecule has 1 heterocycles. The first-order chi connectivity index (χ1) is 18.1. The van der Waals surface area contributed by atoms with Crippen molar-refractivity contribution in [3.8, 4) is 0 Å². The van der Waals surface area contributed by atoms with Crippen LogP contribution in [0.4, 0.5) is 5.69 Å². The summed E-state index contributed by atoms with van der Waals surface area (Å²) in [6.45, 7) is 8.24. The van der Waals surface area contributed by atoms with E-state index in [9.17, 15) is 0 Å². The SMILES string of the molecule is CCCCc1cccc(C)c1N(C)/C(=C(/CC)CCCOCc1ccccc1)c1ccc2[nH]ccc2c1. The number of H-pyrrole nitrogens is 1. The number of hydrogen-bond acceptors (Lipinski definition) is 2. The number of ether oxygens (including phenoxy) is 1. The fourth-order valence-corrected chi connectivity index (χ4v) is 5.33. The number of aromatic nitrogens is 1. The van der Waals surface area contributed by atoms with Crippen LogP contribution in [0.2, 0.25) is 0 Å². The van der Waals surface area contributed by atoms with Gasteiger partial charge >= 0.3 is 0 Å². The van der Waals surface area contributed by atoms with Crippen LogP contribution >= 0.6 is 0 Å². The molecule has 3 nitrogen and oxygen atoms in total. The van der Waals surface area contributed by atoms with Crippen LogP contribution in [0.15, 0.2) is 84.6 Å². The molecule has 4 aromatic rings. The highest BCUT2D eigenvalue weighted by Gasteiger charge is 2.19. The molecule has 37 heavy (non-hydrogen) atoms. The van der Waals surface area contributed by atoms with Crippen LogP contribution in [0.1, 0.15) is 68.2 Å². The van der Waals surface area contributed by atoms with Gasteiger partial charge in [0.15, 0.2) is 0 Å². The predicted molar refractivity (Wildman–Crippen MR) is 159 cm³/mol. The van der Waals surface area contributed by atoms with Gasteiger partial charge in [0.25, 0.3) is 0 Å². The normalized spacial score (nSPS) is 12.1. The predicted octanol–water partition coefficient (Wildman–Crippen LogP) is 9.07. The van der Waals surface area contributed by atoms with Crippen molar-refractivity contribution in [3.05, 3.63) is 107 Å². The van der Waals surface area contributed by atoms with Gasteiger partial charge in [-0.2, -0.15) is 0 Å². The minimum absolute atomic E-state index is 0.674. The molecule has 0 aliphatic rings. The standard InChI is InChI=1S/C34H42N2O/c1-5-7-16-29-17-11-13-26(3)33(29)36(4)34(31-19-20-32-30(24-31)21-22-35-32)28(6-2)18-12-23-37-25-27-14-9-8-10-15-27/h8-11,13-15,17,19-22,24,35H,5-7,12,16,18,23,25H2,1-4H3/b34-28-. The number of aromatic amines is 1. The molecule has 3 heteroatoms. The Hall–Kier alpha value is -3.30. The molecule has 0 radical (unpaired) electrons. The van der Waals surface area contributed by atoms with Crippen molar-refractivity contribution in [2.45, 2.75) is 65.9 Å². The van der Waals surface area contributed by atoms with E-state index in [2.05, 4.69) is 104 Å². The summed E-state index contributed by atoms with van der Waals surface area (Å²) in [5.74, 6) is 0. The maximum atomic E-state index is 6.03. The van der Waals surface area contributed by atoms with E-state index in [1.807, 2.05) is 12.3 Å². The quantitative estimate of drug-likeness (QED) is 0.188. The second-order valence-corrected chi connectivity index (χ2v) is 9.97. The van der Waals surface area contributed by atoms with Crippen molar-refractivity contribution in [1.82, 2.24) is 4.98 Å². The Morgan fingerprint density at radius 2 is 1.76 bits per heavy atom. The lowest BCUT2D eigenvalue weighted by Gasteiger charge is -2.30. The third kappa shape index (κ3) is 6.72. The van der Waals surface area contributed by atoms with Crippen LogP contribution in [-0.2, 0) is 17.8 Å². The van der Waals surface area contributed by atoms with E-state index in [0.29, 0.717) is 6.61 Å². The largest absolute Gasteiger partial charge is 0.377 e. The van der Waals surface area contributed by atoms with Crippen LogP contribution in [0.5, 0.6) is 0 Å². The van der Waals surface area contributed by atoms with Crippen molar-refractivity contribution < 1.29 is 4.74 Å². The smallest absolute Gasteiger partial charge is 0.0716 e. The Labute approximate surface area is 223 Å². The number of anilines is 1. The zero-order valence-electron chi connectivity index (χ0n) is 23.0. The minimum atomic E-state index is 0.674. The monoisotopic (exact) mass is 494 g/mol. The first-order valence-electron chi connectivity index (χ1n) is 13.9. The van der Waals surface area contributed by atoms with Gasteiger partial charge in [-0.25, -0.2) is 0 Å². The zero-order chi connectivity index (χ0) is 26.0. The van der Waals surface area contributed by atoms with Gasteiger partial charge in [0.1, 0.15) is 0 Å². The molecule has 0 fully saturated rings. The number of benzene rings is 3. The average Bonchev–Trinajstić information content (AvgIpc) is 3.39. The Morgan fingerprint density at radius 3 is 2.54 bits per heavy atom. The van der Waals surface area contributed by atoms with Gasteiger partial charge < -0.3 is 14.6 Å². The van der Waals surface area contributed by atoms with Gasteiger partial charge in [-0.05, 0) is 85.1 Å². The summed E-state index contributed by atoms with van der Waals surface area (Å²) in [5, 5.41) is 1.25. The molecule has 1 aromatic heterocycles. The Balaban J connectivity index is 1.64. The van der Waals surface area contributed by atoms with Gasteiger partial charge in [-0.1, -0.05) is 74.9 Å². The molecule has 0 spiro atoms. The Morgan fingerprint density at radius 1 is 0.919 bits per heavy atom. The first kappa shape index (κ1) is 26.8. The summed E-state index contributed by atoms with van der Waals surface area (Å²) in [4.78, 5) is 5.82. The van der Waals surface area contributed by atoms with Gasteiger partial charge in [-0.3, -0.25) is 0 Å². The van der Waals surface area contributed by atoms with Gasteiger partial charge in [0.05, 0.1) is 6.61 Å². The lowest BCUT2D eigenvalue weighted by molar-refractivity contribution is 0.118. The average molecular weight is 495 g/mol. The van der Waals surface area contributed by atoms with Crippen LogP contribution < -0.4 is 4.90 Å². The number of para-hydroxylation sites is 1. The highest BCUT2D eigenvalue weighted by atomic mass is 16.5. The molecule has 3 aromatic carbocycles. The highest BCUT2D eigenvalue weighted by molar-refractivity contribution is 5.89. The van der Waals surface area contributed by atoms with Crippen LogP contribution in [0.3, 0.4) is 0 Å². The second-order valence-electron chi connectivity index (χ2n) is 9.97. The summed E-state index contributed by atoms with van der Waals surface area (Å²) in [6, 6.07) is 26.2. The third-order valence-corrected chi connectivity index (χ3v) is 7.26. The van der Waals surface area contributed by atoms with Crippen molar-refractivity contribution >= 4 is 22.3 Å². The number of aryl methyl sites for hydroxylation is 2. The molecular formula is C34H42N2O. The number of rotatable bonds is 13. The maximum Gasteiger partial charge on any atom is 0.0716 e. The van der Waals surface area contributed by atoms with Crippen molar-refractivity contribution in [2.24, 2.45) is 0 Å². The molecule has 0 aliphatic heterocycles. The topological polar surface area (TPSA) is 28.3 Å². The Kier molecular flexibility index (Phi) is 9.62. The number of nitrogens with one attached hydrogen (secondary N) is 1. The third-order valence-electron chi connectivity index (χ3n) is 7.26. The van der Waals surface area contributed by atoms with Crippen LogP contribution in [0, 0.1) is 6.92 Å². The van der Waals surface area contributed by atoms with Crippen molar-refractivity contribution in [3.63, 3.8) is 0 Å². The number of allylic oxidation sites excluding steroid dienone is 1. The molecule has 0 aliphatic carbocycles. The van der Waals surface area contributed by atoms with Gasteiger partial charge in [0.2, 0.25) is 0 Å². The summed E-state index contributed by atoms with van der Waals surface area (Å²) >= 11 is 0.